The van der Waals surface area contributed by atoms with Crippen LogP contribution in [0, 0.1) is 6.92 Å². The van der Waals surface area contributed by atoms with Crippen LogP contribution in [0.15, 0.2) is 33.4 Å². The van der Waals surface area contributed by atoms with Gasteiger partial charge >= 0.3 is 0 Å². The molecule has 0 radical (unpaired) electrons. The van der Waals surface area contributed by atoms with Gasteiger partial charge in [-0.15, -0.1) is 0 Å². The molecule has 0 aliphatic heterocycles. The zero-order valence-corrected chi connectivity index (χ0v) is 9.76. The van der Waals surface area contributed by atoms with Crippen LogP contribution in [0.2, 0.25) is 5.02 Å². The maximum absolute atomic E-state index is 6.04. The highest BCUT2D eigenvalue weighted by molar-refractivity contribution is 9.10. The quantitative estimate of drug-likeness (QED) is 0.782. The van der Waals surface area contributed by atoms with Crippen molar-refractivity contribution in [2.45, 2.75) is 6.92 Å². The van der Waals surface area contributed by atoms with E-state index in [1.165, 1.54) is 0 Å². The minimum Gasteiger partial charge on any atom is -0.434 e. The number of hydrogen-bond acceptors (Lipinski definition) is 2. The molecule has 0 saturated carbocycles. The van der Waals surface area contributed by atoms with Crippen LogP contribution < -0.4 is 0 Å². The fourth-order valence-electron chi connectivity index (χ4n) is 1.22. The van der Waals surface area contributed by atoms with Gasteiger partial charge in [0.15, 0.2) is 10.6 Å². The number of oxazole rings is 1. The third-order valence-electron chi connectivity index (χ3n) is 1.82. The standard InChI is InChI=1S/C10H7BrClNO/c1-6-13-9(10(11)14-6)7-4-2-3-5-8(7)12/h2-5H,1H3. The van der Waals surface area contributed by atoms with E-state index in [9.17, 15) is 0 Å². The van der Waals surface area contributed by atoms with E-state index in [1.807, 2.05) is 24.3 Å². The van der Waals surface area contributed by atoms with Crippen molar-refractivity contribution in [1.29, 1.82) is 0 Å². The van der Waals surface area contributed by atoms with Crippen LogP contribution in [0.5, 0.6) is 0 Å². The Morgan fingerprint density at radius 1 is 1.36 bits per heavy atom. The molecule has 72 valence electrons. The first-order valence-corrected chi connectivity index (χ1v) is 5.23. The molecular weight excluding hydrogens is 265 g/mol. The highest BCUT2D eigenvalue weighted by Gasteiger charge is 2.12. The lowest BCUT2D eigenvalue weighted by Crippen LogP contribution is -1.80. The molecule has 1 aromatic carbocycles. The number of rotatable bonds is 1. The van der Waals surface area contributed by atoms with E-state index in [1.54, 1.807) is 6.92 Å². The zero-order valence-electron chi connectivity index (χ0n) is 7.42. The van der Waals surface area contributed by atoms with Crippen LogP contribution >= 0.6 is 27.5 Å². The maximum atomic E-state index is 6.04. The zero-order chi connectivity index (χ0) is 10.1. The van der Waals surface area contributed by atoms with Crippen LogP contribution in [-0.4, -0.2) is 4.98 Å². The summed E-state index contributed by atoms with van der Waals surface area (Å²) in [6.45, 7) is 1.80. The van der Waals surface area contributed by atoms with Gasteiger partial charge in [0.1, 0.15) is 5.69 Å². The molecule has 4 heteroatoms. The second-order valence-electron chi connectivity index (χ2n) is 2.84. The molecule has 2 aromatic rings. The van der Waals surface area contributed by atoms with E-state index in [2.05, 4.69) is 20.9 Å². The normalized spacial score (nSPS) is 10.5. The first kappa shape index (κ1) is 9.74. The minimum atomic E-state index is 0.614. The Kier molecular flexibility index (Phi) is 2.61. The number of aryl methyl sites for hydroxylation is 1. The molecule has 0 fully saturated rings. The Bertz CT molecular complexity index is 467. The molecule has 0 aliphatic carbocycles. The lowest BCUT2D eigenvalue weighted by molar-refractivity contribution is 0.500. The summed E-state index contributed by atoms with van der Waals surface area (Å²) in [5.41, 5.74) is 1.62. The summed E-state index contributed by atoms with van der Waals surface area (Å²) in [7, 11) is 0. The maximum Gasteiger partial charge on any atom is 0.197 e. The molecule has 2 rings (SSSR count). The molecule has 0 amide bonds. The van der Waals surface area contributed by atoms with Crippen LogP contribution in [0.1, 0.15) is 5.89 Å². The van der Waals surface area contributed by atoms with Crippen LogP contribution in [0.3, 0.4) is 0 Å². The summed E-state index contributed by atoms with van der Waals surface area (Å²) < 4.78 is 5.88. The highest BCUT2D eigenvalue weighted by atomic mass is 79.9. The van der Waals surface area contributed by atoms with Gasteiger partial charge in [-0.05, 0) is 22.0 Å². The average Bonchev–Trinajstić information content (AvgIpc) is 2.46. The van der Waals surface area contributed by atoms with Crippen LogP contribution in [0.4, 0.5) is 0 Å². The smallest absolute Gasteiger partial charge is 0.197 e. The van der Waals surface area contributed by atoms with Gasteiger partial charge in [0.05, 0.1) is 5.02 Å². The van der Waals surface area contributed by atoms with Gasteiger partial charge in [-0.2, -0.15) is 0 Å². The number of hydrogen-bond donors (Lipinski definition) is 0. The van der Waals surface area contributed by atoms with Crippen molar-refractivity contribution >= 4 is 27.5 Å². The minimum absolute atomic E-state index is 0.614. The van der Waals surface area contributed by atoms with Gasteiger partial charge in [-0.1, -0.05) is 29.8 Å². The van der Waals surface area contributed by atoms with Crippen molar-refractivity contribution < 1.29 is 4.42 Å². The monoisotopic (exact) mass is 271 g/mol. The summed E-state index contributed by atoms with van der Waals surface area (Å²) in [6, 6.07) is 7.53. The Hall–Kier alpha value is -0.800. The molecule has 0 N–H and O–H groups in total. The summed E-state index contributed by atoms with van der Waals surface area (Å²) in [4.78, 5) is 4.24. The third-order valence-corrected chi connectivity index (χ3v) is 2.69. The molecule has 1 aromatic heterocycles. The first-order chi connectivity index (χ1) is 6.68. The lowest BCUT2D eigenvalue weighted by Gasteiger charge is -1.98. The van der Waals surface area contributed by atoms with E-state index in [0.717, 1.165) is 11.3 Å². The summed E-state index contributed by atoms with van der Waals surface area (Å²) in [6.07, 6.45) is 0. The topological polar surface area (TPSA) is 26.0 Å². The van der Waals surface area contributed by atoms with Crippen molar-refractivity contribution in [3.63, 3.8) is 0 Å². The Morgan fingerprint density at radius 3 is 2.64 bits per heavy atom. The molecule has 14 heavy (non-hydrogen) atoms. The second kappa shape index (κ2) is 3.75. The van der Waals surface area contributed by atoms with Gasteiger partial charge < -0.3 is 4.42 Å². The van der Waals surface area contributed by atoms with Crippen LogP contribution in [0.25, 0.3) is 11.3 Å². The lowest BCUT2D eigenvalue weighted by atomic mass is 10.2. The van der Waals surface area contributed by atoms with E-state index in [4.69, 9.17) is 16.0 Å². The van der Waals surface area contributed by atoms with Crippen molar-refractivity contribution in [2.24, 2.45) is 0 Å². The first-order valence-electron chi connectivity index (χ1n) is 4.06. The molecule has 0 unspecified atom stereocenters. The largest absolute Gasteiger partial charge is 0.434 e. The summed E-state index contributed by atoms with van der Waals surface area (Å²) in [5, 5.41) is 0.668. The molecule has 0 aliphatic rings. The number of benzene rings is 1. The molecule has 0 bridgehead atoms. The average molecular weight is 273 g/mol. The predicted octanol–water partition coefficient (Wildman–Crippen LogP) is 4.07. The second-order valence-corrected chi connectivity index (χ2v) is 3.96. The summed E-state index contributed by atoms with van der Waals surface area (Å²) in [5.74, 6) is 0.617. The van der Waals surface area contributed by atoms with Gasteiger partial charge in [-0.25, -0.2) is 4.98 Å². The Morgan fingerprint density at radius 2 is 2.07 bits per heavy atom. The van der Waals surface area contributed by atoms with Gasteiger partial charge in [0.2, 0.25) is 0 Å². The fraction of sp³-hybridized carbons (Fsp3) is 0.100. The van der Waals surface area contributed by atoms with Crippen molar-refractivity contribution in [3.8, 4) is 11.3 Å². The number of halogens is 2. The SMILES string of the molecule is Cc1nc(-c2ccccc2Cl)c(Br)o1. The van der Waals surface area contributed by atoms with Gasteiger partial charge in [-0.3, -0.25) is 0 Å². The van der Waals surface area contributed by atoms with Gasteiger partial charge in [0, 0.05) is 12.5 Å². The predicted molar refractivity (Wildman–Crippen MR) is 59.4 cm³/mol. The Balaban J connectivity index is 2.60. The van der Waals surface area contributed by atoms with Crippen LogP contribution in [-0.2, 0) is 0 Å². The van der Waals surface area contributed by atoms with Crippen molar-refractivity contribution in [2.75, 3.05) is 0 Å². The molecule has 2 nitrogen and oxygen atoms in total. The van der Waals surface area contributed by atoms with Crippen molar-refractivity contribution in [1.82, 2.24) is 4.98 Å². The Labute approximate surface area is 95.0 Å². The molecule has 0 saturated heterocycles. The van der Waals surface area contributed by atoms with Crippen molar-refractivity contribution in [3.05, 3.63) is 39.8 Å². The molecule has 0 atom stereocenters. The van der Waals surface area contributed by atoms with E-state index >= 15 is 0 Å². The molecule has 0 spiro atoms. The van der Waals surface area contributed by atoms with Gasteiger partial charge in [0.25, 0.3) is 0 Å². The molecular formula is C10H7BrClNO. The number of aromatic nitrogens is 1. The van der Waals surface area contributed by atoms with E-state index in [-0.39, 0.29) is 0 Å². The highest BCUT2D eigenvalue weighted by Crippen LogP contribution is 2.32. The summed E-state index contributed by atoms with van der Waals surface area (Å²) >= 11 is 9.34. The van der Waals surface area contributed by atoms with E-state index < -0.39 is 0 Å². The number of nitrogens with zero attached hydrogens (tertiary/aromatic N) is 1. The van der Waals surface area contributed by atoms with E-state index in [0.29, 0.717) is 15.6 Å². The fourth-order valence-corrected chi connectivity index (χ4v) is 1.98. The molecule has 1 heterocycles. The third kappa shape index (κ3) is 1.70.